The molecule has 118 valence electrons. The van der Waals surface area contributed by atoms with Crippen LogP contribution in [0.25, 0.3) is 0 Å². The minimum atomic E-state index is -3.87. The summed E-state index contributed by atoms with van der Waals surface area (Å²) in [6.45, 7) is 6.50. The van der Waals surface area contributed by atoms with Gasteiger partial charge in [-0.05, 0) is 27.7 Å². The van der Waals surface area contributed by atoms with Crippen molar-refractivity contribution in [3.05, 3.63) is 10.6 Å². The van der Waals surface area contributed by atoms with Crippen LogP contribution in [-0.2, 0) is 16.0 Å². The first-order valence-electron chi connectivity index (χ1n) is 5.98. The maximum Gasteiger partial charge on any atom is 0.413 e. The Morgan fingerprint density at radius 2 is 1.95 bits per heavy atom. The van der Waals surface area contributed by atoms with Crippen molar-refractivity contribution in [3.8, 4) is 0 Å². The molecule has 0 bridgehead atoms. The van der Waals surface area contributed by atoms with Crippen LogP contribution >= 0.6 is 11.3 Å². The number of aromatic nitrogens is 1. The molecule has 21 heavy (non-hydrogen) atoms. The summed E-state index contributed by atoms with van der Waals surface area (Å²) >= 11 is 0.792. The molecule has 2 N–H and O–H groups in total. The standard InChI is InChI=1S/C12H16F2N2O4S/c1-6-7(5-12(13,14)8(17)18)21-9(15-6)16-10(19)20-11(2,3)4/h5H2,1-4H3,(H,17,18)(H,15,16,19). The van der Waals surface area contributed by atoms with Crippen LogP contribution < -0.4 is 5.32 Å². The molecule has 1 aromatic heterocycles. The van der Waals surface area contributed by atoms with Crippen LogP contribution in [0.5, 0.6) is 0 Å². The summed E-state index contributed by atoms with van der Waals surface area (Å²) in [7, 11) is 0. The Labute approximate surface area is 124 Å². The maximum atomic E-state index is 13.2. The number of halogens is 2. The fourth-order valence-electron chi connectivity index (χ4n) is 1.31. The van der Waals surface area contributed by atoms with Gasteiger partial charge in [0.15, 0.2) is 5.13 Å². The number of carboxylic acid groups (broad SMARTS) is 1. The Hall–Kier alpha value is -1.77. The first kappa shape index (κ1) is 17.3. The van der Waals surface area contributed by atoms with Crippen molar-refractivity contribution >= 4 is 28.5 Å². The Balaban J connectivity index is 2.79. The largest absolute Gasteiger partial charge is 0.477 e. The molecule has 0 aromatic carbocycles. The molecule has 0 saturated heterocycles. The van der Waals surface area contributed by atoms with Gasteiger partial charge in [0.25, 0.3) is 0 Å². The van der Waals surface area contributed by atoms with E-state index in [0.717, 1.165) is 11.3 Å². The summed E-state index contributed by atoms with van der Waals surface area (Å²) in [6.07, 6.45) is -1.73. The van der Waals surface area contributed by atoms with Crippen molar-refractivity contribution in [3.63, 3.8) is 0 Å². The summed E-state index contributed by atoms with van der Waals surface area (Å²) < 4.78 is 31.4. The van der Waals surface area contributed by atoms with E-state index in [4.69, 9.17) is 9.84 Å². The lowest BCUT2D eigenvalue weighted by molar-refractivity contribution is -0.164. The van der Waals surface area contributed by atoms with Crippen LogP contribution in [0.2, 0.25) is 0 Å². The van der Waals surface area contributed by atoms with Gasteiger partial charge in [-0.25, -0.2) is 14.6 Å². The number of rotatable bonds is 4. The Kier molecular flexibility index (Phi) is 4.87. The second-order valence-electron chi connectivity index (χ2n) is 5.34. The molecule has 0 aliphatic carbocycles. The Morgan fingerprint density at radius 3 is 2.43 bits per heavy atom. The molecule has 1 aromatic rings. The average molecular weight is 322 g/mol. The summed E-state index contributed by atoms with van der Waals surface area (Å²) in [5.41, 5.74) is -0.456. The molecule has 6 nitrogen and oxygen atoms in total. The van der Waals surface area contributed by atoms with E-state index < -0.39 is 30.0 Å². The number of aliphatic carboxylic acids is 1. The Morgan fingerprint density at radius 1 is 1.38 bits per heavy atom. The monoisotopic (exact) mass is 322 g/mol. The van der Waals surface area contributed by atoms with Crippen molar-refractivity contribution < 1.29 is 28.2 Å². The second-order valence-corrected chi connectivity index (χ2v) is 6.42. The number of hydrogen-bond acceptors (Lipinski definition) is 5. The van der Waals surface area contributed by atoms with E-state index in [2.05, 4.69) is 10.3 Å². The van der Waals surface area contributed by atoms with Gasteiger partial charge in [0, 0.05) is 4.88 Å². The highest BCUT2D eigenvalue weighted by Crippen LogP contribution is 2.29. The number of amides is 1. The predicted octanol–water partition coefficient (Wildman–Crippen LogP) is 3.06. The third kappa shape index (κ3) is 5.25. The van der Waals surface area contributed by atoms with Crippen molar-refractivity contribution in [2.45, 2.75) is 45.6 Å². The van der Waals surface area contributed by atoms with E-state index in [9.17, 15) is 18.4 Å². The van der Waals surface area contributed by atoms with Gasteiger partial charge in [0.1, 0.15) is 5.60 Å². The van der Waals surface area contributed by atoms with Gasteiger partial charge in [-0.2, -0.15) is 8.78 Å². The van der Waals surface area contributed by atoms with Crippen molar-refractivity contribution in [1.29, 1.82) is 0 Å². The third-order valence-corrected chi connectivity index (χ3v) is 3.27. The molecule has 1 rings (SSSR count). The number of anilines is 1. The second kappa shape index (κ2) is 5.92. The lowest BCUT2D eigenvalue weighted by atomic mass is 10.2. The van der Waals surface area contributed by atoms with Crippen molar-refractivity contribution in [2.24, 2.45) is 0 Å². The van der Waals surface area contributed by atoms with E-state index in [0.29, 0.717) is 0 Å². The molecule has 0 aliphatic rings. The highest BCUT2D eigenvalue weighted by atomic mass is 32.1. The van der Waals surface area contributed by atoms with Crippen LogP contribution in [0.3, 0.4) is 0 Å². The summed E-state index contributed by atoms with van der Waals surface area (Å²) in [5, 5.41) is 10.8. The smallest absolute Gasteiger partial charge is 0.413 e. The van der Waals surface area contributed by atoms with E-state index in [-0.39, 0.29) is 15.7 Å². The first-order valence-corrected chi connectivity index (χ1v) is 6.80. The summed E-state index contributed by atoms with van der Waals surface area (Å²) in [5.74, 6) is -6.07. The number of nitrogens with zero attached hydrogens (tertiary/aromatic N) is 1. The van der Waals surface area contributed by atoms with Crippen LogP contribution in [0, 0.1) is 6.92 Å². The van der Waals surface area contributed by atoms with Gasteiger partial charge in [0.2, 0.25) is 0 Å². The normalized spacial score (nSPS) is 12.1. The fourth-order valence-corrected chi connectivity index (χ4v) is 2.31. The highest BCUT2D eigenvalue weighted by molar-refractivity contribution is 7.15. The summed E-state index contributed by atoms with van der Waals surface area (Å²) in [6, 6.07) is 0. The SMILES string of the molecule is Cc1nc(NC(=O)OC(C)(C)C)sc1CC(F)(F)C(=O)O. The van der Waals surface area contributed by atoms with E-state index in [1.54, 1.807) is 20.8 Å². The minimum Gasteiger partial charge on any atom is -0.477 e. The molecular weight excluding hydrogens is 306 g/mol. The van der Waals surface area contributed by atoms with E-state index in [1.807, 2.05) is 0 Å². The van der Waals surface area contributed by atoms with Gasteiger partial charge < -0.3 is 9.84 Å². The number of hydrogen-bond donors (Lipinski definition) is 2. The van der Waals surface area contributed by atoms with Crippen LogP contribution in [-0.4, -0.2) is 33.7 Å². The Bertz CT molecular complexity index is 552. The average Bonchev–Trinajstić information content (AvgIpc) is 2.54. The van der Waals surface area contributed by atoms with Crippen LogP contribution in [0.4, 0.5) is 18.7 Å². The number of carbonyl (C=O) groups is 2. The zero-order valence-corrected chi connectivity index (χ0v) is 12.8. The number of aryl methyl sites for hydroxylation is 1. The number of carbonyl (C=O) groups excluding carboxylic acids is 1. The fraction of sp³-hybridized carbons (Fsp3) is 0.583. The van der Waals surface area contributed by atoms with Gasteiger partial charge in [-0.3, -0.25) is 5.32 Å². The lowest BCUT2D eigenvalue weighted by Gasteiger charge is -2.18. The minimum absolute atomic E-state index is 0.0814. The molecule has 0 atom stereocenters. The zero-order valence-electron chi connectivity index (χ0n) is 12.0. The molecule has 0 fully saturated rings. The number of thiazole rings is 1. The maximum absolute atomic E-state index is 13.2. The molecule has 0 spiro atoms. The number of nitrogens with one attached hydrogen (secondary N) is 1. The van der Waals surface area contributed by atoms with Crippen molar-refractivity contribution in [1.82, 2.24) is 4.98 Å². The molecule has 1 amide bonds. The van der Waals surface area contributed by atoms with E-state index in [1.165, 1.54) is 6.92 Å². The molecule has 1 heterocycles. The quantitative estimate of drug-likeness (QED) is 0.889. The number of carboxylic acids is 1. The molecule has 9 heteroatoms. The third-order valence-electron chi connectivity index (χ3n) is 2.20. The van der Waals surface area contributed by atoms with Gasteiger partial charge in [0.05, 0.1) is 12.1 Å². The lowest BCUT2D eigenvalue weighted by Crippen LogP contribution is -2.30. The molecule has 0 saturated carbocycles. The number of ether oxygens (including phenoxy) is 1. The topological polar surface area (TPSA) is 88.5 Å². The van der Waals surface area contributed by atoms with Gasteiger partial charge in [-0.15, -0.1) is 11.3 Å². The number of alkyl halides is 2. The zero-order chi connectivity index (χ0) is 16.4. The molecule has 0 unspecified atom stereocenters. The van der Waals surface area contributed by atoms with Gasteiger partial charge in [-0.1, -0.05) is 0 Å². The van der Waals surface area contributed by atoms with Crippen LogP contribution in [0.1, 0.15) is 31.3 Å². The first-order chi connectivity index (χ1) is 9.40. The van der Waals surface area contributed by atoms with E-state index >= 15 is 0 Å². The summed E-state index contributed by atoms with van der Waals surface area (Å²) in [4.78, 5) is 26.0. The predicted molar refractivity (Wildman–Crippen MR) is 73.0 cm³/mol. The molecule has 0 aliphatic heterocycles. The molecule has 0 radical (unpaired) electrons. The van der Waals surface area contributed by atoms with Crippen molar-refractivity contribution in [2.75, 3.05) is 5.32 Å². The van der Waals surface area contributed by atoms with Crippen LogP contribution in [0.15, 0.2) is 0 Å². The molecular formula is C12H16F2N2O4S. The van der Waals surface area contributed by atoms with Gasteiger partial charge >= 0.3 is 18.0 Å². The highest BCUT2D eigenvalue weighted by Gasteiger charge is 2.40.